The molecule has 0 aliphatic rings. The molecule has 2 heteroatoms. The third-order valence-corrected chi connectivity index (χ3v) is 4.06. The lowest BCUT2D eigenvalue weighted by atomic mass is 9.74. The van der Waals surface area contributed by atoms with Gasteiger partial charge in [0.05, 0.1) is 0 Å². The van der Waals surface area contributed by atoms with Crippen molar-refractivity contribution < 1.29 is 0 Å². The van der Waals surface area contributed by atoms with Crippen LogP contribution < -0.4 is 4.90 Å². The number of halogens is 1. The van der Waals surface area contributed by atoms with Gasteiger partial charge < -0.3 is 4.90 Å². The third kappa shape index (κ3) is 2.52. The Bertz CT molecular complexity index is 344. The molecule has 1 aromatic carbocycles. The summed E-state index contributed by atoms with van der Waals surface area (Å²) in [6, 6.07) is 8.61. The Morgan fingerprint density at radius 2 is 1.38 bits per heavy atom. The van der Waals surface area contributed by atoms with Gasteiger partial charge in [-0.2, -0.15) is 0 Å². The summed E-state index contributed by atoms with van der Waals surface area (Å²) in [4.78, 5) is 1.84. The van der Waals surface area contributed by atoms with Crippen LogP contribution in [-0.2, 0) is 5.41 Å². The second-order valence-electron chi connectivity index (χ2n) is 5.54. The highest BCUT2D eigenvalue weighted by Crippen LogP contribution is 2.39. The molecule has 0 saturated carbocycles. The normalized spacial score (nSPS) is 12.7. The van der Waals surface area contributed by atoms with E-state index in [9.17, 15) is 0 Å². The highest BCUT2D eigenvalue weighted by molar-refractivity contribution is 6.24. The van der Waals surface area contributed by atoms with E-state index in [0.717, 1.165) is 0 Å². The van der Waals surface area contributed by atoms with Gasteiger partial charge in [-0.3, -0.25) is 0 Å². The van der Waals surface area contributed by atoms with Gasteiger partial charge in [-0.25, -0.2) is 0 Å². The van der Waals surface area contributed by atoms with E-state index in [1.165, 1.54) is 11.3 Å². The summed E-state index contributed by atoms with van der Waals surface area (Å²) in [5.74, 6) is 0. The van der Waals surface area contributed by atoms with Crippen LogP contribution in [0.1, 0.15) is 33.3 Å². The van der Waals surface area contributed by atoms with Gasteiger partial charge in [0.2, 0.25) is 0 Å². The average Bonchev–Trinajstić information content (AvgIpc) is 2.16. The molecule has 0 aromatic heterocycles. The molecule has 90 valence electrons. The van der Waals surface area contributed by atoms with Crippen LogP contribution in [0.25, 0.3) is 0 Å². The van der Waals surface area contributed by atoms with Gasteiger partial charge in [-0.1, -0.05) is 26.0 Å². The van der Waals surface area contributed by atoms with Crippen LogP contribution in [0.3, 0.4) is 0 Å². The second kappa shape index (κ2) is 4.29. The van der Waals surface area contributed by atoms with E-state index in [0.29, 0.717) is 0 Å². The van der Waals surface area contributed by atoms with Gasteiger partial charge in [-0.15, -0.1) is 11.6 Å². The van der Waals surface area contributed by atoms with E-state index in [-0.39, 0.29) is 10.3 Å². The fourth-order valence-corrected chi connectivity index (χ4v) is 1.63. The Labute approximate surface area is 104 Å². The Hall–Kier alpha value is -0.690. The molecule has 0 N–H and O–H groups in total. The molecule has 0 amide bonds. The topological polar surface area (TPSA) is 3.24 Å². The molecule has 1 nitrogen and oxygen atoms in total. The number of alkyl halides is 1. The predicted molar refractivity (Wildman–Crippen MR) is 73.7 cm³/mol. The summed E-state index contributed by atoms with van der Waals surface area (Å²) in [6.45, 7) is 8.50. The average molecular weight is 240 g/mol. The molecule has 1 aromatic rings. The lowest BCUT2D eigenvalue weighted by Gasteiger charge is -2.37. The number of hydrogen-bond donors (Lipinski definition) is 0. The molecule has 1 rings (SSSR count). The molecule has 0 unspecified atom stereocenters. The summed E-state index contributed by atoms with van der Waals surface area (Å²) in [5, 5.41) is 0. The first-order chi connectivity index (χ1) is 7.16. The van der Waals surface area contributed by atoms with Crippen LogP contribution in [0.15, 0.2) is 24.3 Å². The van der Waals surface area contributed by atoms with Gasteiger partial charge in [0.25, 0.3) is 0 Å². The highest BCUT2D eigenvalue weighted by Gasteiger charge is 2.36. The standard InChI is InChI=1S/C14H22ClN/c1-13(2,14(3,4)15)11-7-9-12(10-8-11)16(5)6/h7-10H,1-6H3. The van der Waals surface area contributed by atoms with E-state index >= 15 is 0 Å². The number of hydrogen-bond acceptors (Lipinski definition) is 1. The van der Waals surface area contributed by atoms with E-state index in [4.69, 9.17) is 11.6 Å². The number of nitrogens with zero attached hydrogens (tertiary/aromatic N) is 1. The zero-order chi connectivity index (χ0) is 12.6. The quantitative estimate of drug-likeness (QED) is 0.720. The summed E-state index contributed by atoms with van der Waals surface area (Å²) in [6.07, 6.45) is 0. The Kier molecular flexibility index (Phi) is 3.59. The first kappa shape index (κ1) is 13.4. The molecule has 0 spiro atoms. The van der Waals surface area contributed by atoms with E-state index < -0.39 is 0 Å². The summed E-state index contributed by atoms with van der Waals surface area (Å²) in [5.41, 5.74) is 2.45. The van der Waals surface area contributed by atoms with Crippen molar-refractivity contribution in [1.29, 1.82) is 0 Å². The monoisotopic (exact) mass is 239 g/mol. The van der Waals surface area contributed by atoms with Crippen LogP contribution in [0.4, 0.5) is 5.69 Å². The van der Waals surface area contributed by atoms with E-state index in [1.807, 2.05) is 14.1 Å². The van der Waals surface area contributed by atoms with Crippen molar-refractivity contribution in [3.8, 4) is 0 Å². The first-order valence-corrected chi connectivity index (χ1v) is 6.01. The maximum Gasteiger partial charge on any atom is 0.0481 e. The molecule has 0 saturated heterocycles. The van der Waals surface area contributed by atoms with Crippen molar-refractivity contribution in [2.24, 2.45) is 0 Å². The molecule has 0 aliphatic carbocycles. The molecule has 0 bridgehead atoms. The SMILES string of the molecule is CN(C)c1ccc(C(C)(C)C(C)(C)Cl)cc1. The first-order valence-electron chi connectivity index (χ1n) is 5.63. The predicted octanol–water partition coefficient (Wildman–Crippen LogP) is 4.05. The minimum Gasteiger partial charge on any atom is -0.378 e. The molecular formula is C14H22ClN. The van der Waals surface area contributed by atoms with Crippen LogP contribution in [0, 0.1) is 0 Å². The molecule has 0 heterocycles. The van der Waals surface area contributed by atoms with Gasteiger partial charge in [-0.05, 0) is 31.5 Å². The lowest BCUT2D eigenvalue weighted by Crippen LogP contribution is -2.37. The fraction of sp³-hybridized carbons (Fsp3) is 0.571. The van der Waals surface area contributed by atoms with E-state index in [2.05, 4.69) is 56.9 Å². The Morgan fingerprint density at radius 1 is 0.938 bits per heavy atom. The summed E-state index contributed by atoms with van der Waals surface area (Å²) >= 11 is 6.45. The van der Waals surface area contributed by atoms with Crippen molar-refractivity contribution >= 4 is 17.3 Å². The van der Waals surface area contributed by atoms with E-state index in [1.54, 1.807) is 0 Å². The molecule has 0 atom stereocenters. The Balaban J connectivity index is 3.07. The highest BCUT2D eigenvalue weighted by atomic mass is 35.5. The zero-order valence-electron chi connectivity index (χ0n) is 11.1. The van der Waals surface area contributed by atoms with Crippen LogP contribution in [0.2, 0.25) is 0 Å². The van der Waals surface area contributed by atoms with Gasteiger partial charge in [0.1, 0.15) is 0 Å². The van der Waals surface area contributed by atoms with Crippen molar-refractivity contribution in [2.45, 2.75) is 38.0 Å². The van der Waals surface area contributed by atoms with Crippen molar-refractivity contribution in [2.75, 3.05) is 19.0 Å². The summed E-state index contributed by atoms with van der Waals surface area (Å²) < 4.78 is 0. The number of benzene rings is 1. The van der Waals surface area contributed by atoms with Crippen molar-refractivity contribution in [1.82, 2.24) is 0 Å². The molecule has 16 heavy (non-hydrogen) atoms. The largest absolute Gasteiger partial charge is 0.378 e. The molecule has 0 radical (unpaired) electrons. The van der Waals surface area contributed by atoms with Gasteiger partial charge in [0.15, 0.2) is 0 Å². The maximum absolute atomic E-state index is 6.45. The third-order valence-electron chi connectivity index (χ3n) is 3.59. The minimum atomic E-state index is -0.257. The fourth-order valence-electron chi connectivity index (χ4n) is 1.52. The zero-order valence-corrected chi connectivity index (χ0v) is 11.9. The molecule has 0 aliphatic heterocycles. The number of rotatable bonds is 3. The van der Waals surface area contributed by atoms with Gasteiger partial charge >= 0.3 is 0 Å². The second-order valence-corrected chi connectivity index (χ2v) is 6.48. The smallest absolute Gasteiger partial charge is 0.0481 e. The minimum absolute atomic E-state index is 0.0423. The van der Waals surface area contributed by atoms with Crippen LogP contribution in [0.5, 0.6) is 0 Å². The van der Waals surface area contributed by atoms with Gasteiger partial charge in [0, 0.05) is 30.1 Å². The number of anilines is 1. The Morgan fingerprint density at radius 3 is 1.69 bits per heavy atom. The molecule has 0 fully saturated rings. The molecular weight excluding hydrogens is 218 g/mol. The van der Waals surface area contributed by atoms with Crippen molar-refractivity contribution in [3.05, 3.63) is 29.8 Å². The van der Waals surface area contributed by atoms with Crippen molar-refractivity contribution in [3.63, 3.8) is 0 Å². The maximum atomic E-state index is 6.45. The van der Waals surface area contributed by atoms with Crippen LogP contribution >= 0.6 is 11.6 Å². The van der Waals surface area contributed by atoms with Crippen LogP contribution in [-0.4, -0.2) is 19.0 Å². The summed E-state index contributed by atoms with van der Waals surface area (Å²) in [7, 11) is 4.09. The lowest BCUT2D eigenvalue weighted by molar-refractivity contribution is 0.404.